The third-order valence-electron chi connectivity index (χ3n) is 3.91. The van der Waals surface area contributed by atoms with E-state index >= 15 is 0 Å². The van der Waals surface area contributed by atoms with Crippen LogP contribution in [-0.4, -0.2) is 12.0 Å². The molecule has 0 atom stereocenters. The first-order valence-electron chi connectivity index (χ1n) is 8.14. The molecule has 0 aliphatic rings. The molecule has 3 heteroatoms. The lowest BCUT2D eigenvalue weighted by Crippen LogP contribution is -1.99. The predicted molar refractivity (Wildman–Crippen MR) is 99.4 cm³/mol. The first-order valence-corrected chi connectivity index (χ1v) is 8.14. The Balaban J connectivity index is 1.56. The van der Waals surface area contributed by atoms with Crippen LogP contribution in [0.1, 0.15) is 22.3 Å². The Kier molecular flexibility index (Phi) is 5.47. The molecule has 3 rings (SSSR count). The highest BCUT2D eigenvalue weighted by Gasteiger charge is 2.04. The zero-order valence-corrected chi connectivity index (χ0v) is 13.7. The van der Waals surface area contributed by atoms with Crippen molar-refractivity contribution in [1.82, 2.24) is 0 Å². The minimum Gasteiger partial charge on any atom is -0.294 e. The molecule has 124 valence electrons. The Morgan fingerprint density at radius 1 is 0.840 bits per heavy atom. The van der Waals surface area contributed by atoms with Gasteiger partial charge in [-0.15, -0.1) is 0 Å². The second kappa shape index (κ2) is 8.15. The summed E-state index contributed by atoms with van der Waals surface area (Å²) in [5.41, 5.74) is 3.80. The number of ketones is 1. The minimum absolute atomic E-state index is 0.0301. The van der Waals surface area contributed by atoms with Gasteiger partial charge in [0, 0.05) is 18.2 Å². The maximum Gasteiger partial charge on any atom is 0.168 e. The molecule has 0 aliphatic carbocycles. The van der Waals surface area contributed by atoms with Crippen molar-refractivity contribution in [3.63, 3.8) is 0 Å². The van der Waals surface area contributed by atoms with E-state index in [4.69, 9.17) is 0 Å². The predicted octanol–water partition coefficient (Wildman–Crippen LogP) is 5.34. The number of rotatable bonds is 6. The van der Waals surface area contributed by atoms with Gasteiger partial charge in [0.2, 0.25) is 0 Å². The average molecular weight is 331 g/mol. The summed E-state index contributed by atoms with van der Waals surface area (Å²) >= 11 is 0. The van der Waals surface area contributed by atoms with Crippen molar-refractivity contribution in [2.24, 2.45) is 4.99 Å². The van der Waals surface area contributed by atoms with Crippen LogP contribution in [0.2, 0.25) is 0 Å². The maximum absolute atomic E-state index is 12.8. The normalized spacial score (nSPS) is 10.9. The molecule has 0 saturated heterocycles. The summed E-state index contributed by atoms with van der Waals surface area (Å²) in [6.07, 6.45) is 1.88. The van der Waals surface area contributed by atoms with Gasteiger partial charge in [0.05, 0.1) is 6.54 Å². The lowest BCUT2D eigenvalue weighted by atomic mass is 10.0. The minimum atomic E-state index is -0.262. The fourth-order valence-corrected chi connectivity index (χ4v) is 2.50. The van der Waals surface area contributed by atoms with E-state index in [9.17, 15) is 9.18 Å². The molecule has 2 nitrogen and oxygen atoms in total. The van der Waals surface area contributed by atoms with Crippen LogP contribution in [0.3, 0.4) is 0 Å². The molecule has 0 fully saturated rings. The molecule has 0 aromatic heterocycles. The molecule has 0 amide bonds. The molecular weight excluding hydrogens is 313 g/mol. The fourth-order valence-electron chi connectivity index (χ4n) is 2.50. The molecule has 3 aromatic rings. The van der Waals surface area contributed by atoms with Gasteiger partial charge in [0.15, 0.2) is 5.78 Å². The summed E-state index contributed by atoms with van der Waals surface area (Å²) < 4.78 is 12.8. The van der Waals surface area contributed by atoms with Gasteiger partial charge in [-0.1, -0.05) is 66.7 Å². The van der Waals surface area contributed by atoms with Gasteiger partial charge < -0.3 is 0 Å². The van der Waals surface area contributed by atoms with Gasteiger partial charge in [-0.2, -0.15) is 0 Å². The number of hydrogen-bond donors (Lipinski definition) is 0. The van der Waals surface area contributed by atoms with Crippen molar-refractivity contribution in [1.29, 1.82) is 0 Å². The van der Waals surface area contributed by atoms with Gasteiger partial charge in [0.25, 0.3) is 0 Å². The van der Waals surface area contributed by atoms with Crippen molar-refractivity contribution in [3.8, 4) is 11.1 Å². The summed E-state index contributed by atoms with van der Waals surface area (Å²) in [5, 5.41) is 0. The fraction of sp³-hybridized carbons (Fsp3) is 0.0909. The van der Waals surface area contributed by atoms with Crippen LogP contribution in [0.15, 0.2) is 83.9 Å². The van der Waals surface area contributed by atoms with Gasteiger partial charge in [-0.05, 0) is 28.8 Å². The highest BCUT2D eigenvalue weighted by atomic mass is 19.1. The van der Waals surface area contributed by atoms with Gasteiger partial charge in [-0.3, -0.25) is 9.79 Å². The summed E-state index contributed by atoms with van der Waals surface area (Å²) in [5.74, 6) is -0.232. The zero-order chi connectivity index (χ0) is 17.5. The van der Waals surface area contributed by atoms with Crippen LogP contribution in [0, 0.1) is 5.82 Å². The second-order valence-electron chi connectivity index (χ2n) is 5.72. The molecule has 0 bridgehead atoms. The van der Waals surface area contributed by atoms with E-state index in [1.165, 1.54) is 12.1 Å². The van der Waals surface area contributed by atoms with Crippen molar-refractivity contribution in [2.75, 3.05) is 0 Å². The van der Waals surface area contributed by atoms with Crippen LogP contribution >= 0.6 is 0 Å². The van der Waals surface area contributed by atoms with Crippen molar-refractivity contribution in [2.45, 2.75) is 13.0 Å². The Hall–Kier alpha value is -3.07. The van der Waals surface area contributed by atoms with E-state index in [1.54, 1.807) is 18.3 Å². The summed E-state index contributed by atoms with van der Waals surface area (Å²) in [6.45, 7) is 0.445. The van der Waals surface area contributed by atoms with Crippen LogP contribution in [0.4, 0.5) is 4.39 Å². The van der Waals surface area contributed by atoms with E-state index in [0.717, 1.165) is 16.7 Å². The Bertz CT molecular complexity index is 853. The van der Waals surface area contributed by atoms with E-state index < -0.39 is 0 Å². The molecule has 3 aromatic carbocycles. The topological polar surface area (TPSA) is 29.4 Å². The van der Waals surface area contributed by atoms with E-state index in [-0.39, 0.29) is 18.0 Å². The number of hydrogen-bond acceptors (Lipinski definition) is 2. The van der Waals surface area contributed by atoms with Crippen molar-refractivity contribution < 1.29 is 9.18 Å². The maximum atomic E-state index is 12.8. The molecular formula is C22H18FNO. The van der Waals surface area contributed by atoms with E-state index in [2.05, 4.69) is 4.99 Å². The summed E-state index contributed by atoms with van der Waals surface area (Å²) in [4.78, 5) is 16.4. The molecule has 0 spiro atoms. The van der Waals surface area contributed by atoms with Crippen LogP contribution < -0.4 is 0 Å². The highest BCUT2D eigenvalue weighted by molar-refractivity contribution is 6.03. The monoisotopic (exact) mass is 331 g/mol. The number of carbonyl (C=O) groups excluding carboxylic acids is 1. The number of Topliss-reactive ketones (excluding diaryl/α,β-unsaturated/α-hetero) is 1. The number of aliphatic imine (C=N–C) groups is 1. The number of halogens is 1. The van der Waals surface area contributed by atoms with E-state index in [1.807, 2.05) is 54.6 Å². The molecule has 0 aliphatic heterocycles. The van der Waals surface area contributed by atoms with E-state index in [0.29, 0.717) is 12.1 Å². The molecule has 0 heterocycles. The Labute approximate surface area is 146 Å². The second-order valence-corrected chi connectivity index (χ2v) is 5.72. The smallest absolute Gasteiger partial charge is 0.168 e. The first-order chi connectivity index (χ1) is 12.2. The van der Waals surface area contributed by atoms with Crippen molar-refractivity contribution >= 4 is 12.0 Å². The van der Waals surface area contributed by atoms with Crippen LogP contribution in [0.25, 0.3) is 11.1 Å². The summed E-state index contributed by atoms with van der Waals surface area (Å²) in [7, 11) is 0. The first kappa shape index (κ1) is 16.8. The Morgan fingerprint density at radius 3 is 2.16 bits per heavy atom. The molecule has 0 radical (unpaired) electrons. The van der Waals surface area contributed by atoms with Gasteiger partial charge >= 0.3 is 0 Å². The lowest BCUT2D eigenvalue weighted by Gasteiger charge is -2.03. The molecule has 25 heavy (non-hydrogen) atoms. The lowest BCUT2D eigenvalue weighted by molar-refractivity contribution is 0.100. The van der Waals surface area contributed by atoms with Crippen molar-refractivity contribution in [3.05, 3.63) is 95.8 Å². The average Bonchev–Trinajstić information content (AvgIpc) is 2.67. The van der Waals surface area contributed by atoms with Crippen LogP contribution in [0.5, 0.6) is 0 Å². The number of benzene rings is 3. The quantitative estimate of drug-likeness (QED) is 0.443. The van der Waals surface area contributed by atoms with Gasteiger partial charge in [-0.25, -0.2) is 4.39 Å². The number of carbonyl (C=O) groups is 1. The molecule has 0 unspecified atom stereocenters. The zero-order valence-electron chi connectivity index (χ0n) is 13.7. The largest absolute Gasteiger partial charge is 0.294 e. The number of nitrogens with zero attached hydrogens (tertiary/aromatic N) is 1. The third-order valence-corrected chi connectivity index (χ3v) is 3.91. The standard InChI is InChI=1S/C22H18FNO/c23-21-12-6-17(7-13-21)16-24-15-14-22(25)20-10-8-19(9-11-20)18-4-2-1-3-5-18/h1-13,15H,14,16H2. The SMILES string of the molecule is O=C(CC=NCc1ccc(F)cc1)c1ccc(-c2ccccc2)cc1. The molecule has 0 saturated carbocycles. The van der Waals surface area contributed by atoms with Crippen LogP contribution in [-0.2, 0) is 6.54 Å². The third kappa shape index (κ3) is 4.70. The molecule has 0 N–H and O–H groups in total. The Morgan fingerprint density at radius 2 is 1.48 bits per heavy atom. The van der Waals surface area contributed by atoms with Gasteiger partial charge in [0.1, 0.15) is 5.82 Å². The highest BCUT2D eigenvalue weighted by Crippen LogP contribution is 2.19. The summed E-state index contributed by atoms with van der Waals surface area (Å²) in [6, 6.07) is 23.8.